The zero-order valence-corrected chi connectivity index (χ0v) is 16.6. The maximum Gasteiger partial charge on any atom is 0.230 e. The number of aryl methyl sites for hydroxylation is 2. The van der Waals surface area contributed by atoms with Crippen molar-refractivity contribution in [2.24, 2.45) is 0 Å². The first-order chi connectivity index (χ1) is 12.7. The van der Waals surface area contributed by atoms with Gasteiger partial charge in [-0.05, 0) is 37.3 Å². The molecule has 0 bridgehead atoms. The number of amides is 1. The van der Waals surface area contributed by atoms with Gasteiger partial charge in [-0.15, -0.1) is 0 Å². The quantitative estimate of drug-likeness (QED) is 0.814. The first-order valence-corrected chi connectivity index (χ1v) is 11.2. The molecule has 0 spiro atoms. The van der Waals surface area contributed by atoms with Crippen molar-refractivity contribution in [1.82, 2.24) is 9.80 Å². The molecule has 1 aromatic carbocycles. The molecule has 142 valence electrons. The third-order valence-corrected chi connectivity index (χ3v) is 7.09. The summed E-state index contributed by atoms with van der Waals surface area (Å²) < 4.78 is 5.48. The van der Waals surface area contributed by atoms with Crippen molar-refractivity contribution >= 4 is 17.7 Å². The summed E-state index contributed by atoms with van der Waals surface area (Å²) in [5.74, 6) is 2.57. The van der Waals surface area contributed by atoms with Crippen molar-refractivity contribution in [2.75, 3.05) is 50.9 Å². The molecule has 2 atom stereocenters. The second-order valence-corrected chi connectivity index (χ2v) is 8.97. The van der Waals surface area contributed by atoms with Gasteiger partial charge in [0.15, 0.2) is 0 Å². The summed E-state index contributed by atoms with van der Waals surface area (Å²) in [5.41, 5.74) is 3.95. The van der Waals surface area contributed by atoms with Crippen LogP contribution in [0.5, 0.6) is 0 Å². The molecule has 0 aromatic heterocycles. The van der Waals surface area contributed by atoms with E-state index in [1.807, 2.05) is 11.8 Å². The van der Waals surface area contributed by atoms with Crippen LogP contribution in [-0.2, 0) is 16.0 Å². The fourth-order valence-corrected chi connectivity index (χ4v) is 5.60. The smallest absolute Gasteiger partial charge is 0.230 e. The van der Waals surface area contributed by atoms with Gasteiger partial charge in [0.2, 0.25) is 5.91 Å². The number of morpholine rings is 1. The average Bonchev–Trinajstić information content (AvgIpc) is 2.68. The summed E-state index contributed by atoms with van der Waals surface area (Å²) in [5, 5.41) is 0. The molecule has 0 saturated carbocycles. The molecule has 5 heteroatoms. The highest BCUT2D eigenvalue weighted by atomic mass is 32.2. The molecule has 0 radical (unpaired) electrons. The second-order valence-electron chi connectivity index (χ2n) is 7.82. The molecule has 4 nitrogen and oxygen atoms in total. The maximum atomic E-state index is 13.6. The Morgan fingerprint density at radius 3 is 2.96 bits per heavy atom. The third kappa shape index (κ3) is 3.95. The topological polar surface area (TPSA) is 32.8 Å². The summed E-state index contributed by atoms with van der Waals surface area (Å²) in [6.07, 6.45) is 3.25. The van der Waals surface area contributed by atoms with Crippen LogP contribution in [0.2, 0.25) is 0 Å². The normalized spacial score (nSPS) is 27.2. The summed E-state index contributed by atoms with van der Waals surface area (Å²) in [6, 6.07) is 7.02. The van der Waals surface area contributed by atoms with E-state index >= 15 is 0 Å². The van der Waals surface area contributed by atoms with Crippen LogP contribution >= 0.6 is 11.8 Å². The number of hydrogen-bond donors (Lipinski definition) is 0. The number of fused-ring (bicyclic) bond motifs is 1. The molecule has 1 amide bonds. The third-order valence-electron chi connectivity index (χ3n) is 6.00. The highest BCUT2D eigenvalue weighted by Gasteiger charge is 2.35. The monoisotopic (exact) mass is 374 g/mol. The van der Waals surface area contributed by atoms with E-state index in [0.717, 1.165) is 70.2 Å². The number of thioether (sulfide) groups is 1. The number of carbonyl (C=O) groups is 1. The van der Waals surface area contributed by atoms with Crippen molar-refractivity contribution in [3.05, 3.63) is 34.9 Å². The van der Waals surface area contributed by atoms with Gasteiger partial charge in [0.05, 0.1) is 25.2 Å². The van der Waals surface area contributed by atoms with Gasteiger partial charge in [-0.2, -0.15) is 11.8 Å². The van der Waals surface area contributed by atoms with Crippen molar-refractivity contribution in [2.45, 2.75) is 38.1 Å². The van der Waals surface area contributed by atoms with Crippen molar-refractivity contribution in [3.63, 3.8) is 0 Å². The number of benzene rings is 1. The molecule has 1 aromatic rings. The molecule has 2 unspecified atom stereocenters. The summed E-state index contributed by atoms with van der Waals surface area (Å²) in [4.78, 5) is 18.2. The van der Waals surface area contributed by atoms with Crippen molar-refractivity contribution in [1.29, 1.82) is 0 Å². The standard InChI is InChI=1S/C21H30N2O2S/c1-16-5-6-17-3-2-4-19(20(17)13-16)21(24)23-9-12-26-15-18(23)14-22-7-10-25-11-8-22/h5-6,13,18-19H,2-4,7-12,14-15H2,1H3. The molecule has 3 aliphatic rings. The van der Waals surface area contributed by atoms with Crippen molar-refractivity contribution < 1.29 is 9.53 Å². The van der Waals surface area contributed by atoms with E-state index in [1.54, 1.807) is 0 Å². The van der Waals surface area contributed by atoms with Gasteiger partial charge >= 0.3 is 0 Å². The Morgan fingerprint density at radius 1 is 1.27 bits per heavy atom. The minimum absolute atomic E-state index is 0.0638. The predicted molar refractivity (Wildman–Crippen MR) is 107 cm³/mol. The largest absolute Gasteiger partial charge is 0.379 e. The van der Waals surface area contributed by atoms with Crippen LogP contribution in [0, 0.1) is 6.92 Å². The highest BCUT2D eigenvalue weighted by molar-refractivity contribution is 7.99. The van der Waals surface area contributed by atoms with Gasteiger partial charge in [-0.3, -0.25) is 9.69 Å². The number of rotatable bonds is 3. The molecule has 4 rings (SSSR count). The fourth-order valence-electron chi connectivity index (χ4n) is 4.55. The predicted octanol–water partition coefficient (Wildman–Crippen LogP) is 2.69. The van der Waals surface area contributed by atoms with E-state index in [4.69, 9.17) is 4.74 Å². The molecule has 2 heterocycles. The van der Waals surface area contributed by atoms with Crippen molar-refractivity contribution in [3.8, 4) is 0 Å². The minimum atomic E-state index is 0.0638. The Kier molecular flexibility index (Phi) is 5.87. The highest BCUT2D eigenvalue weighted by Crippen LogP contribution is 2.35. The van der Waals surface area contributed by atoms with E-state index in [-0.39, 0.29) is 5.92 Å². The molecule has 2 saturated heterocycles. The van der Waals surface area contributed by atoms with Crippen LogP contribution in [0.1, 0.15) is 35.4 Å². The Hall–Kier alpha value is -1.04. The number of hydrogen-bond acceptors (Lipinski definition) is 4. The van der Waals surface area contributed by atoms with Gasteiger partial charge in [0.25, 0.3) is 0 Å². The SMILES string of the molecule is Cc1ccc2c(c1)C(C(=O)N1CCSCC1CN1CCOCC1)CCC2. The Morgan fingerprint density at radius 2 is 2.12 bits per heavy atom. The maximum absolute atomic E-state index is 13.6. The zero-order valence-electron chi connectivity index (χ0n) is 15.8. The van der Waals surface area contributed by atoms with Crippen LogP contribution in [-0.4, -0.2) is 72.6 Å². The first kappa shape index (κ1) is 18.3. The van der Waals surface area contributed by atoms with Gasteiger partial charge < -0.3 is 9.64 Å². The van der Waals surface area contributed by atoms with E-state index in [2.05, 4.69) is 34.9 Å². The minimum Gasteiger partial charge on any atom is -0.379 e. The lowest BCUT2D eigenvalue weighted by Gasteiger charge is -2.41. The van der Waals surface area contributed by atoms with Crippen LogP contribution in [0.4, 0.5) is 0 Å². The number of carbonyl (C=O) groups excluding carboxylic acids is 1. The lowest BCUT2D eigenvalue weighted by molar-refractivity contribution is -0.135. The Balaban J connectivity index is 1.51. The second kappa shape index (κ2) is 8.32. The zero-order chi connectivity index (χ0) is 17.9. The van der Waals surface area contributed by atoms with Crippen LogP contribution in [0.3, 0.4) is 0 Å². The van der Waals surface area contributed by atoms with E-state index < -0.39 is 0 Å². The molecule has 0 N–H and O–H groups in total. The molecular weight excluding hydrogens is 344 g/mol. The summed E-state index contributed by atoms with van der Waals surface area (Å²) in [6.45, 7) is 7.66. The van der Waals surface area contributed by atoms with Crippen LogP contribution < -0.4 is 0 Å². The molecule has 2 fully saturated rings. The van der Waals surface area contributed by atoms with Gasteiger partial charge in [0, 0.05) is 37.7 Å². The molecule has 1 aliphatic carbocycles. The van der Waals surface area contributed by atoms with Crippen LogP contribution in [0.15, 0.2) is 18.2 Å². The molecule has 2 aliphatic heterocycles. The average molecular weight is 375 g/mol. The molecular formula is C21H30N2O2S. The lowest BCUT2D eigenvalue weighted by Crippen LogP contribution is -2.54. The Labute approximate surface area is 161 Å². The molecule has 26 heavy (non-hydrogen) atoms. The number of nitrogens with zero attached hydrogens (tertiary/aromatic N) is 2. The summed E-state index contributed by atoms with van der Waals surface area (Å²) >= 11 is 2.00. The van der Waals surface area contributed by atoms with Gasteiger partial charge in [-0.25, -0.2) is 0 Å². The van der Waals surface area contributed by atoms with E-state index in [1.165, 1.54) is 16.7 Å². The number of ether oxygens (including phenoxy) is 1. The van der Waals surface area contributed by atoms with E-state index in [9.17, 15) is 4.79 Å². The first-order valence-electron chi connectivity index (χ1n) is 10.00. The van der Waals surface area contributed by atoms with Gasteiger partial charge in [0.1, 0.15) is 0 Å². The summed E-state index contributed by atoms with van der Waals surface area (Å²) in [7, 11) is 0. The Bertz CT molecular complexity index is 645. The fraction of sp³-hybridized carbons (Fsp3) is 0.667. The lowest BCUT2D eigenvalue weighted by atomic mass is 9.81. The van der Waals surface area contributed by atoms with E-state index in [0.29, 0.717) is 11.9 Å². The van der Waals surface area contributed by atoms with Crippen LogP contribution in [0.25, 0.3) is 0 Å². The van der Waals surface area contributed by atoms with Gasteiger partial charge in [-0.1, -0.05) is 23.8 Å².